The molecule has 134 valence electrons. The van der Waals surface area contributed by atoms with Gasteiger partial charge in [0.25, 0.3) is 0 Å². The van der Waals surface area contributed by atoms with Crippen molar-refractivity contribution in [2.45, 2.75) is 37.9 Å². The van der Waals surface area contributed by atoms with Crippen molar-refractivity contribution in [3.05, 3.63) is 53.6 Å². The smallest absolute Gasteiger partial charge is 0.151 e. The molecule has 1 aromatic carbocycles. The number of hydrogen-bond acceptors (Lipinski definition) is 5. The maximum absolute atomic E-state index is 7.80. The van der Waals surface area contributed by atoms with Gasteiger partial charge in [-0.25, -0.2) is 4.98 Å². The lowest BCUT2D eigenvalue weighted by Gasteiger charge is -2.16. The quantitative estimate of drug-likeness (QED) is 0.395. The third kappa shape index (κ3) is 7.79. The van der Waals surface area contributed by atoms with Crippen molar-refractivity contribution in [1.82, 2.24) is 9.97 Å². The highest BCUT2D eigenvalue weighted by Gasteiger charge is 2.13. The second-order valence-corrected chi connectivity index (χ2v) is 8.51. The van der Waals surface area contributed by atoms with E-state index in [-0.39, 0.29) is 5.17 Å². The molecule has 7 heteroatoms. The largest absolute Gasteiger partial charge is 0.379 e. The number of nitrogens with zero attached hydrogens (tertiary/aromatic N) is 1. The van der Waals surface area contributed by atoms with Gasteiger partial charge in [-0.1, -0.05) is 36.0 Å². The molecule has 0 unspecified atom stereocenters. The van der Waals surface area contributed by atoms with Gasteiger partial charge in [-0.2, -0.15) is 0 Å². The van der Waals surface area contributed by atoms with Crippen LogP contribution in [0.1, 0.15) is 30.3 Å². The molecule has 0 radical (unpaired) electrons. The van der Waals surface area contributed by atoms with Gasteiger partial charge in [0.15, 0.2) is 5.17 Å². The maximum Gasteiger partial charge on any atom is 0.151 e. The minimum Gasteiger partial charge on any atom is -0.379 e. The van der Waals surface area contributed by atoms with Crippen LogP contribution >= 0.6 is 23.5 Å². The van der Waals surface area contributed by atoms with E-state index in [2.05, 4.69) is 34.2 Å². The molecule has 0 fully saturated rings. The lowest BCUT2D eigenvalue weighted by molar-refractivity contribution is 0.731. The van der Waals surface area contributed by atoms with Crippen molar-refractivity contribution >= 4 is 33.7 Å². The number of aromatic amines is 1. The molecule has 2 aromatic rings. The van der Waals surface area contributed by atoms with E-state index in [9.17, 15) is 0 Å². The fourth-order valence-corrected chi connectivity index (χ4v) is 4.14. The average Bonchev–Trinajstić information content (AvgIpc) is 3.07. The standard InChI is InChI=1S/C18H25N5S2/c1-13(19)25-16(6-7-17-22-9-10-23-17)12-15-4-2-14(3-5-15)8-11-24-18(20)21/h2-5,9-10,16,19H,6-8,11-12H2,1H3,(H3,20,21)(H,22,23)/t16-/m1/s1. The van der Waals surface area contributed by atoms with Crippen LogP contribution in [-0.4, -0.2) is 31.2 Å². The van der Waals surface area contributed by atoms with Gasteiger partial charge >= 0.3 is 0 Å². The summed E-state index contributed by atoms with van der Waals surface area (Å²) >= 11 is 3.02. The van der Waals surface area contributed by atoms with Crippen LogP contribution in [0.4, 0.5) is 0 Å². The Morgan fingerprint density at radius 1 is 1.20 bits per heavy atom. The van der Waals surface area contributed by atoms with Crippen LogP contribution in [-0.2, 0) is 19.3 Å². The van der Waals surface area contributed by atoms with E-state index < -0.39 is 0 Å². The molecule has 0 aliphatic heterocycles. The first-order valence-corrected chi connectivity index (χ1v) is 10.1. The molecule has 1 aromatic heterocycles. The zero-order valence-corrected chi connectivity index (χ0v) is 16.1. The van der Waals surface area contributed by atoms with Gasteiger partial charge in [0, 0.05) is 29.8 Å². The highest BCUT2D eigenvalue weighted by atomic mass is 32.2. The summed E-state index contributed by atoms with van der Waals surface area (Å²) in [7, 11) is 0. The van der Waals surface area contributed by atoms with Crippen LogP contribution in [0.5, 0.6) is 0 Å². The van der Waals surface area contributed by atoms with Gasteiger partial charge < -0.3 is 10.7 Å². The summed E-state index contributed by atoms with van der Waals surface area (Å²) in [5.41, 5.74) is 7.92. The highest BCUT2D eigenvalue weighted by molar-refractivity contribution is 8.14. The van der Waals surface area contributed by atoms with Crippen molar-refractivity contribution in [2.24, 2.45) is 5.73 Å². The van der Waals surface area contributed by atoms with E-state index in [1.165, 1.54) is 22.9 Å². The Morgan fingerprint density at radius 3 is 2.52 bits per heavy atom. The number of hydrogen-bond donors (Lipinski definition) is 4. The number of imidazole rings is 1. The number of amidine groups is 1. The molecule has 2 rings (SSSR count). The number of nitrogens with two attached hydrogens (primary N) is 1. The molecule has 5 N–H and O–H groups in total. The van der Waals surface area contributed by atoms with Crippen molar-refractivity contribution in [2.75, 3.05) is 5.75 Å². The Kier molecular flexibility index (Phi) is 8.08. The maximum atomic E-state index is 7.80. The van der Waals surface area contributed by atoms with E-state index in [0.29, 0.717) is 10.3 Å². The first-order chi connectivity index (χ1) is 12.0. The Labute approximate surface area is 157 Å². The lowest BCUT2D eigenvalue weighted by atomic mass is 10.0. The van der Waals surface area contributed by atoms with Gasteiger partial charge in [-0.3, -0.25) is 10.8 Å². The molecular formula is C18H25N5S2. The molecule has 0 saturated carbocycles. The van der Waals surface area contributed by atoms with Gasteiger partial charge in [0.05, 0.1) is 5.04 Å². The van der Waals surface area contributed by atoms with Crippen molar-refractivity contribution < 1.29 is 0 Å². The molecule has 5 nitrogen and oxygen atoms in total. The van der Waals surface area contributed by atoms with Crippen LogP contribution in [0.2, 0.25) is 0 Å². The summed E-state index contributed by atoms with van der Waals surface area (Å²) in [6, 6.07) is 8.66. The van der Waals surface area contributed by atoms with E-state index in [0.717, 1.165) is 37.3 Å². The van der Waals surface area contributed by atoms with Crippen molar-refractivity contribution in [3.8, 4) is 0 Å². The Bertz CT molecular complexity index is 667. The molecule has 0 amide bonds. The molecular weight excluding hydrogens is 350 g/mol. The molecule has 0 aliphatic rings. The molecule has 0 saturated heterocycles. The molecule has 0 bridgehead atoms. The van der Waals surface area contributed by atoms with Crippen molar-refractivity contribution in [3.63, 3.8) is 0 Å². The number of aryl methyl sites for hydroxylation is 2. The number of rotatable bonds is 9. The molecule has 0 aliphatic carbocycles. The minimum absolute atomic E-state index is 0.176. The summed E-state index contributed by atoms with van der Waals surface area (Å²) in [5.74, 6) is 1.84. The van der Waals surface area contributed by atoms with Gasteiger partial charge in [0.1, 0.15) is 5.82 Å². The highest BCUT2D eigenvalue weighted by Crippen LogP contribution is 2.22. The van der Waals surface area contributed by atoms with E-state index >= 15 is 0 Å². The zero-order chi connectivity index (χ0) is 18.1. The summed E-state index contributed by atoms with van der Waals surface area (Å²) < 4.78 is 0. The third-order valence-electron chi connectivity index (χ3n) is 3.74. The predicted octanol–water partition coefficient (Wildman–Crippen LogP) is 3.85. The first-order valence-electron chi connectivity index (χ1n) is 8.27. The summed E-state index contributed by atoms with van der Waals surface area (Å²) in [6.07, 6.45) is 7.39. The summed E-state index contributed by atoms with van der Waals surface area (Å²) in [6.45, 7) is 1.85. The number of benzene rings is 1. The van der Waals surface area contributed by atoms with Crippen LogP contribution in [0.15, 0.2) is 36.7 Å². The monoisotopic (exact) mass is 375 g/mol. The number of aromatic nitrogens is 2. The Balaban J connectivity index is 1.88. The van der Waals surface area contributed by atoms with Gasteiger partial charge in [0.2, 0.25) is 0 Å². The normalized spacial score (nSPS) is 12.0. The Morgan fingerprint density at radius 2 is 1.92 bits per heavy atom. The first kappa shape index (κ1) is 19.6. The molecule has 1 atom stereocenters. The topological polar surface area (TPSA) is 102 Å². The zero-order valence-electron chi connectivity index (χ0n) is 14.4. The Hall–Kier alpha value is -1.73. The number of H-pyrrole nitrogens is 1. The molecule has 0 spiro atoms. The third-order valence-corrected chi connectivity index (χ3v) is 5.54. The second kappa shape index (κ2) is 10.3. The van der Waals surface area contributed by atoms with Crippen LogP contribution < -0.4 is 5.73 Å². The second-order valence-electron chi connectivity index (χ2n) is 5.85. The lowest BCUT2D eigenvalue weighted by Crippen LogP contribution is -2.11. The van der Waals surface area contributed by atoms with E-state index in [1.54, 1.807) is 18.0 Å². The van der Waals surface area contributed by atoms with Crippen LogP contribution in [0.25, 0.3) is 0 Å². The fourth-order valence-electron chi connectivity index (χ4n) is 2.57. The van der Waals surface area contributed by atoms with E-state index in [4.69, 9.17) is 16.6 Å². The number of thioether (sulfide) groups is 2. The SMILES string of the molecule is CC(=N)S[C@H](CCc1ncc[nH]1)Cc1ccc(CCSC(=N)N)cc1. The molecule has 1 heterocycles. The van der Waals surface area contributed by atoms with Crippen LogP contribution in [0, 0.1) is 10.8 Å². The van der Waals surface area contributed by atoms with Crippen LogP contribution in [0.3, 0.4) is 0 Å². The van der Waals surface area contributed by atoms with Gasteiger partial charge in [-0.15, -0.1) is 11.8 Å². The van der Waals surface area contributed by atoms with E-state index in [1.807, 2.05) is 13.1 Å². The minimum atomic E-state index is 0.176. The summed E-state index contributed by atoms with van der Waals surface area (Å²) in [4.78, 5) is 7.43. The number of nitrogens with one attached hydrogen (secondary N) is 3. The van der Waals surface area contributed by atoms with Crippen molar-refractivity contribution in [1.29, 1.82) is 10.8 Å². The van der Waals surface area contributed by atoms with Gasteiger partial charge in [-0.05, 0) is 37.3 Å². The predicted molar refractivity (Wildman–Crippen MR) is 110 cm³/mol. The summed E-state index contributed by atoms with van der Waals surface area (Å²) in [5, 5.41) is 16.2. The fraction of sp³-hybridized carbons (Fsp3) is 0.389. The molecule has 25 heavy (non-hydrogen) atoms. The average molecular weight is 376 g/mol.